The summed E-state index contributed by atoms with van der Waals surface area (Å²) in [6.07, 6.45) is 0.485. The van der Waals surface area contributed by atoms with E-state index in [1.165, 1.54) is 23.8 Å². The van der Waals surface area contributed by atoms with Crippen LogP contribution in [0, 0.1) is 6.92 Å². The molecule has 2 unspecified atom stereocenters. The topological polar surface area (TPSA) is 123 Å². The molecule has 0 spiro atoms. The number of methoxy groups -OCH3 is 2. The van der Waals surface area contributed by atoms with Gasteiger partial charge in [0, 0.05) is 37.8 Å². The van der Waals surface area contributed by atoms with Crippen LogP contribution in [0.1, 0.15) is 18.5 Å². The molecule has 2 fully saturated rings. The first-order chi connectivity index (χ1) is 15.6. The van der Waals surface area contributed by atoms with Crippen molar-refractivity contribution in [2.75, 3.05) is 25.7 Å². The number of nitrogens with one attached hydrogen (secondary N) is 1. The number of urea groups is 1. The van der Waals surface area contributed by atoms with Crippen LogP contribution < -0.4 is 19.1 Å². The summed E-state index contributed by atoms with van der Waals surface area (Å²) in [5.41, 5.74) is 0.600. The first-order valence-corrected chi connectivity index (χ1v) is 12.0. The molecule has 2 atom stereocenters. The van der Waals surface area contributed by atoms with Crippen LogP contribution in [0.5, 0.6) is 11.5 Å². The fourth-order valence-electron chi connectivity index (χ4n) is 4.26. The number of hydrogen-bond donors (Lipinski definition) is 1. The van der Waals surface area contributed by atoms with Gasteiger partial charge in [-0.2, -0.15) is 5.10 Å². The number of halogens is 1. The molecule has 0 radical (unpaired) electrons. The molecule has 3 amide bonds. The first-order valence-electron chi connectivity index (χ1n) is 10.2. The zero-order valence-corrected chi connectivity index (χ0v) is 20.1. The summed E-state index contributed by atoms with van der Waals surface area (Å²) in [4.78, 5) is 28.7. The number of rotatable bonds is 6. The van der Waals surface area contributed by atoms with E-state index in [0.717, 1.165) is 4.90 Å². The molecule has 33 heavy (non-hydrogen) atoms. The standard InChI is InChI=1S/C20H24ClN5O6S/c1-11-17(18(21)24(2)22-11)33(29,30)23-12-5-6-25-16(7-12)19(27)26(20(25)28)13-8-14(31-3)10-15(9-13)32-4/h8-10,12,16,23H,5-7H2,1-4H3. The zero-order chi connectivity index (χ0) is 24.1. The highest BCUT2D eigenvalue weighted by atomic mass is 35.5. The van der Waals surface area contributed by atoms with E-state index in [1.54, 1.807) is 32.2 Å². The summed E-state index contributed by atoms with van der Waals surface area (Å²) in [6, 6.07) is 2.98. The number of aryl methyl sites for hydroxylation is 2. The van der Waals surface area contributed by atoms with E-state index in [9.17, 15) is 18.0 Å². The van der Waals surface area contributed by atoms with Crippen LogP contribution in [0.4, 0.5) is 10.5 Å². The van der Waals surface area contributed by atoms with E-state index < -0.39 is 34.0 Å². The van der Waals surface area contributed by atoms with Crippen molar-refractivity contribution in [2.45, 2.75) is 36.7 Å². The third kappa shape index (κ3) is 4.02. The number of nitrogens with zero attached hydrogens (tertiary/aromatic N) is 4. The molecule has 2 aromatic rings. The second-order valence-corrected chi connectivity index (χ2v) is 9.92. The van der Waals surface area contributed by atoms with Crippen molar-refractivity contribution in [1.29, 1.82) is 0 Å². The predicted molar refractivity (Wildman–Crippen MR) is 119 cm³/mol. The van der Waals surface area contributed by atoms with Gasteiger partial charge in [-0.15, -0.1) is 0 Å². The third-order valence-electron chi connectivity index (χ3n) is 5.83. The lowest BCUT2D eigenvalue weighted by Crippen LogP contribution is -2.49. The average Bonchev–Trinajstić information content (AvgIpc) is 3.18. The third-order valence-corrected chi connectivity index (χ3v) is 8.05. The van der Waals surface area contributed by atoms with Crippen LogP contribution >= 0.6 is 11.6 Å². The lowest BCUT2D eigenvalue weighted by Gasteiger charge is -2.32. The Morgan fingerprint density at radius 3 is 2.33 bits per heavy atom. The van der Waals surface area contributed by atoms with Crippen molar-refractivity contribution in [3.63, 3.8) is 0 Å². The number of carbonyl (C=O) groups is 2. The van der Waals surface area contributed by atoms with Crippen molar-refractivity contribution >= 4 is 39.2 Å². The number of hydrogen-bond acceptors (Lipinski definition) is 7. The van der Waals surface area contributed by atoms with Crippen LogP contribution in [0.3, 0.4) is 0 Å². The van der Waals surface area contributed by atoms with Gasteiger partial charge in [0.05, 0.1) is 25.6 Å². The van der Waals surface area contributed by atoms with Crippen LogP contribution in [0.25, 0.3) is 0 Å². The molecule has 13 heteroatoms. The fourth-order valence-corrected chi connectivity index (χ4v) is 6.29. The summed E-state index contributed by atoms with van der Waals surface area (Å²) in [7, 11) is 0.532. The zero-order valence-electron chi connectivity index (χ0n) is 18.5. The molecule has 1 N–H and O–H groups in total. The number of fused-ring (bicyclic) bond motifs is 1. The number of sulfonamides is 1. The maximum Gasteiger partial charge on any atom is 0.332 e. The lowest BCUT2D eigenvalue weighted by molar-refractivity contribution is -0.120. The summed E-state index contributed by atoms with van der Waals surface area (Å²) in [5, 5.41) is 4.05. The molecule has 11 nitrogen and oxygen atoms in total. The number of aromatic nitrogens is 2. The first kappa shape index (κ1) is 23.3. The van der Waals surface area contributed by atoms with Crippen molar-refractivity contribution in [1.82, 2.24) is 19.4 Å². The fraction of sp³-hybridized carbons (Fsp3) is 0.450. The highest BCUT2D eigenvalue weighted by Gasteiger charge is 2.49. The van der Waals surface area contributed by atoms with Gasteiger partial charge in [0.2, 0.25) is 10.0 Å². The van der Waals surface area contributed by atoms with E-state index in [0.29, 0.717) is 23.6 Å². The summed E-state index contributed by atoms with van der Waals surface area (Å²) < 4.78 is 40.3. The molecule has 2 aliphatic rings. The van der Waals surface area contributed by atoms with E-state index in [1.807, 2.05) is 0 Å². The number of ether oxygens (including phenoxy) is 2. The van der Waals surface area contributed by atoms with Crippen LogP contribution in [-0.4, -0.2) is 67.9 Å². The van der Waals surface area contributed by atoms with E-state index >= 15 is 0 Å². The Morgan fingerprint density at radius 1 is 1.15 bits per heavy atom. The minimum absolute atomic E-state index is 0.00250. The predicted octanol–water partition coefficient (Wildman–Crippen LogP) is 1.68. The van der Waals surface area contributed by atoms with E-state index in [2.05, 4.69) is 9.82 Å². The average molecular weight is 498 g/mol. The van der Waals surface area contributed by atoms with Crippen LogP contribution in [0.15, 0.2) is 23.1 Å². The Morgan fingerprint density at radius 2 is 1.79 bits per heavy atom. The Labute approximate surface area is 196 Å². The molecular weight excluding hydrogens is 474 g/mol. The van der Waals surface area contributed by atoms with Crippen molar-refractivity contribution in [2.24, 2.45) is 7.05 Å². The molecule has 0 saturated carbocycles. The summed E-state index contributed by atoms with van der Waals surface area (Å²) in [6.45, 7) is 1.78. The van der Waals surface area contributed by atoms with Gasteiger partial charge in [-0.1, -0.05) is 11.6 Å². The molecule has 1 aromatic heterocycles. The molecule has 178 valence electrons. The van der Waals surface area contributed by atoms with Gasteiger partial charge in [0.1, 0.15) is 27.6 Å². The Kier molecular flexibility index (Phi) is 6.01. The second kappa shape index (κ2) is 8.50. The quantitative estimate of drug-likeness (QED) is 0.602. The molecule has 2 saturated heterocycles. The van der Waals surface area contributed by atoms with Gasteiger partial charge in [-0.25, -0.2) is 22.8 Å². The van der Waals surface area contributed by atoms with Crippen molar-refractivity contribution in [3.05, 3.63) is 29.0 Å². The Hall–Kier alpha value is -2.83. The number of imide groups is 1. The van der Waals surface area contributed by atoms with Crippen LogP contribution in [-0.2, 0) is 21.9 Å². The van der Waals surface area contributed by atoms with Gasteiger partial charge < -0.3 is 14.4 Å². The molecule has 3 heterocycles. The van der Waals surface area contributed by atoms with Gasteiger partial charge in [-0.3, -0.25) is 9.48 Å². The smallest absolute Gasteiger partial charge is 0.332 e. The highest BCUT2D eigenvalue weighted by molar-refractivity contribution is 7.89. The Balaban J connectivity index is 1.57. The van der Waals surface area contributed by atoms with Crippen molar-refractivity contribution < 1.29 is 27.5 Å². The SMILES string of the molecule is COc1cc(OC)cc(N2C(=O)C3CC(NS(=O)(=O)c4c(C)nn(C)c4Cl)CCN3C2=O)c1. The number of anilines is 1. The minimum atomic E-state index is -3.97. The molecule has 0 aliphatic carbocycles. The number of piperidine rings is 1. The second-order valence-electron chi connectivity index (χ2n) is 7.91. The molecule has 4 rings (SSSR count). The van der Waals surface area contributed by atoms with Crippen molar-refractivity contribution in [3.8, 4) is 11.5 Å². The molecule has 2 aliphatic heterocycles. The number of benzene rings is 1. The largest absolute Gasteiger partial charge is 0.497 e. The van der Waals surface area contributed by atoms with E-state index in [4.69, 9.17) is 21.1 Å². The van der Waals surface area contributed by atoms with Gasteiger partial charge in [-0.05, 0) is 19.8 Å². The Bertz CT molecular complexity index is 1210. The molecular formula is C20H24ClN5O6S. The monoisotopic (exact) mass is 497 g/mol. The van der Waals surface area contributed by atoms with Gasteiger partial charge in [0.25, 0.3) is 5.91 Å². The maximum atomic E-state index is 13.2. The number of amides is 3. The molecule has 0 bridgehead atoms. The normalized spacial score (nSPS) is 20.9. The van der Waals surface area contributed by atoms with E-state index in [-0.39, 0.29) is 28.7 Å². The highest BCUT2D eigenvalue weighted by Crippen LogP contribution is 2.35. The molecule has 1 aromatic carbocycles. The lowest BCUT2D eigenvalue weighted by atomic mass is 9.99. The maximum absolute atomic E-state index is 13.2. The van der Waals surface area contributed by atoms with Gasteiger partial charge in [0.15, 0.2) is 0 Å². The minimum Gasteiger partial charge on any atom is -0.497 e. The number of carbonyl (C=O) groups excluding carboxylic acids is 2. The summed E-state index contributed by atoms with van der Waals surface area (Å²) >= 11 is 6.13. The summed E-state index contributed by atoms with van der Waals surface area (Å²) in [5.74, 6) is 0.433. The van der Waals surface area contributed by atoms with Gasteiger partial charge >= 0.3 is 6.03 Å². The van der Waals surface area contributed by atoms with Crippen LogP contribution in [0.2, 0.25) is 5.15 Å².